The Kier molecular flexibility index (Phi) is 5.23. The molecule has 1 unspecified atom stereocenters. The van der Waals surface area contributed by atoms with Crippen LogP contribution >= 0.6 is 11.3 Å². The van der Waals surface area contributed by atoms with Gasteiger partial charge < -0.3 is 4.90 Å². The molecule has 0 aliphatic carbocycles. The Bertz CT molecular complexity index is 713. The van der Waals surface area contributed by atoms with Crippen LogP contribution in [-0.2, 0) is 17.6 Å². The van der Waals surface area contributed by atoms with Crippen LogP contribution in [0.2, 0.25) is 0 Å². The second-order valence-corrected chi connectivity index (χ2v) is 8.01. The smallest absolute Gasteiger partial charge is 0.219 e. The average Bonchev–Trinajstić information content (AvgIpc) is 3.17. The van der Waals surface area contributed by atoms with Crippen LogP contribution < -0.4 is 0 Å². The fourth-order valence-corrected chi connectivity index (χ4v) is 4.29. The van der Waals surface area contributed by atoms with Crippen molar-refractivity contribution in [1.29, 1.82) is 0 Å². The molecule has 0 N–H and O–H groups in total. The van der Waals surface area contributed by atoms with Gasteiger partial charge in [-0.1, -0.05) is 13.8 Å². The van der Waals surface area contributed by atoms with E-state index in [0.29, 0.717) is 11.8 Å². The topological polar surface area (TPSA) is 59.0 Å². The lowest BCUT2D eigenvalue weighted by atomic mass is 10.0. The Balaban J connectivity index is 1.76. The van der Waals surface area contributed by atoms with E-state index < -0.39 is 0 Å². The number of carbonyl (C=O) groups excluding carboxylic acids is 1. The van der Waals surface area contributed by atoms with Crippen LogP contribution in [0.15, 0.2) is 18.6 Å². The SMILES string of the molecule is CC(=O)N1CCC(Cc2nccnc2-c2cnc(CC(C)C)s2)C1. The number of aromatic nitrogens is 3. The van der Waals surface area contributed by atoms with E-state index in [1.807, 2.05) is 11.1 Å². The Labute approximate surface area is 147 Å². The molecule has 0 radical (unpaired) electrons. The van der Waals surface area contributed by atoms with Crippen LogP contribution in [0.4, 0.5) is 0 Å². The Morgan fingerprint density at radius 2 is 2.12 bits per heavy atom. The minimum Gasteiger partial charge on any atom is -0.343 e. The van der Waals surface area contributed by atoms with Crippen molar-refractivity contribution < 1.29 is 4.79 Å². The fourth-order valence-electron chi connectivity index (χ4n) is 3.14. The first kappa shape index (κ1) is 17.0. The predicted molar refractivity (Wildman–Crippen MR) is 95.7 cm³/mol. The summed E-state index contributed by atoms with van der Waals surface area (Å²) in [4.78, 5) is 28.2. The molecule has 2 aromatic rings. The molecular formula is C18H24N4OS. The largest absolute Gasteiger partial charge is 0.343 e. The highest BCUT2D eigenvalue weighted by Gasteiger charge is 2.26. The van der Waals surface area contributed by atoms with Crippen molar-refractivity contribution in [3.8, 4) is 10.6 Å². The second-order valence-electron chi connectivity index (χ2n) is 6.89. The van der Waals surface area contributed by atoms with Crippen molar-refractivity contribution in [2.75, 3.05) is 13.1 Å². The summed E-state index contributed by atoms with van der Waals surface area (Å²) in [5, 5.41) is 1.15. The second kappa shape index (κ2) is 7.38. The van der Waals surface area contributed by atoms with Crippen molar-refractivity contribution in [2.24, 2.45) is 11.8 Å². The Hall–Kier alpha value is -1.82. The molecule has 1 atom stereocenters. The molecule has 24 heavy (non-hydrogen) atoms. The van der Waals surface area contributed by atoms with Crippen molar-refractivity contribution in [1.82, 2.24) is 19.9 Å². The average molecular weight is 344 g/mol. The third-order valence-electron chi connectivity index (χ3n) is 4.36. The first-order chi connectivity index (χ1) is 11.5. The highest BCUT2D eigenvalue weighted by molar-refractivity contribution is 7.15. The number of nitrogens with zero attached hydrogens (tertiary/aromatic N) is 4. The number of carbonyl (C=O) groups is 1. The molecule has 3 rings (SSSR count). The monoisotopic (exact) mass is 344 g/mol. The summed E-state index contributed by atoms with van der Waals surface area (Å²) in [5.41, 5.74) is 1.97. The fraction of sp³-hybridized carbons (Fsp3) is 0.556. The minimum atomic E-state index is 0.164. The van der Waals surface area contributed by atoms with Gasteiger partial charge in [0.05, 0.1) is 15.6 Å². The number of amides is 1. The molecule has 0 aromatic carbocycles. The van der Waals surface area contributed by atoms with Gasteiger partial charge in [0, 0.05) is 45.0 Å². The zero-order chi connectivity index (χ0) is 17.1. The molecule has 1 saturated heterocycles. The highest BCUT2D eigenvalue weighted by Crippen LogP contribution is 2.30. The van der Waals surface area contributed by atoms with E-state index in [1.54, 1.807) is 30.7 Å². The summed E-state index contributed by atoms with van der Waals surface area (Å²) in [6.07, 6.45) is 8.33. The van der Waals surface area contributed by atoms with Gasteiger partial charge in [0.15, 0.2) is 0 Å². The molecule has 0 saturated carbocycles. The lowest BCUT2D eigenvalue weighted by molar-refractivity contribution is -0.127. The summed E-state index contributed by atoms with van der Waals surface area (Å²) in [7, 11) is 0. The normalized spacial score (nSPS) is 17.7. The molecular weight excluding hydrogens is 320 g/mol. The van der Waals surface area contributed by atoms with Crippen LogP contribution in [-0.4, -0.2) is 38.8 Å². The van der Waals surface area contributed by atoms with E-state index >= 15 is 0 Å². The predicted octanol–water partition coefficient (Wildman–Crippen LogP) is 3.21. The van der Waals surface area contributed by atoms with Crippen molar-refractivity contribution in [3.63, 3.8) is 0 Å². The molecule has 1 aliphatic heterocycles. The van der Waals surface area contributed by atoms with Gasteiger partial charge in [-0.15, -0.1) is 11.3 Å². The van der Waals surface area contributed by atoms with Gasteiger partial charge in [0.1, 0.15) is 5.69 Å². The van der Waals surface area contributed by atoms with Crippen LogP contribution in [0.3, 0.4) is 0 Å². The van der Waals surface area contributed by atoms with Crippen LogP contribution in [0.25, 0.3) is 10.6 Å². The number of hydrogen-bond acceptors (Lipinski definition) is 5. The quantitative estimate of drug-likeness (QED) is 0.836. The molecule has 0 spiro atoms. The van der Waals surface area contributed by atoms with Gasteiger partial charge in [-0.25, -0.2) is 4.98 Å². The van der Waals surface area contributed by atoms with Crippen molar-refractivity contribution >= 4 is 17.2 Å². The molecule has 1 amide bonds. The Morgan fingerprint density at radius 1 is 1.33 bits per heavy atom. The first-order valence-corrected chi connectivity index (χ1v) is 9.35. The van der Waals surface area contributed by atoms with E-state index in [2.05, 4.69) is 28.8 Å². The van der Waals surface area contributed by atoms with Gasteiger partial charge in [0.2, 0.25) is 5.91 Å². The highest BCUT2D eigenvalue weighted by atomic mass is 32.1. The molecule has 128 valence electrons. The van der Waals surface area contributed by atoms with Gasteiger partial charge in [-0.2, -0.15) is 0 Å². The van der Waals surface area contributed by atoms with Gasteiger partial charge in [-0.05, 0) is 24.7 Å². The van der Waals surface area contributed by atoms with E-state index in [9.17, 15) is 4.79 Å². The zero-order valence-electron chi connectivity index (χ0n) is 14.5. The summed E-state index contributed by atoms with van der Waals surface area (Å²) >= 11 is 1.71. The van der Waals surface area contributed by atoms with E-state index in [-0.39, 0.29) is 5.91 Å². The molecule has 3 heterocycles. The zero-order valence-corrected chi connectivity index (χ0v) is 15.3. The van der Waals surface area contributed by atoms with Crippen LogP contribution in [0, 0.1) is 11.8 Å². The molecule has 1 fully saturated rings. The van der Waals surface area contributed by atoms with Gasteiger partial charge in [0.25, 0.3) is 0 Å². The number of likely N-dealkylation sites (tertiary alicyclic amines) is 1. The lowest BCUT2D eigenvalue weighted by Gasteiger charge is -2.14. The maximum Gasteiger partial charge on any atom is 0.219 e. The number of hydrogen-bond donors (Lipinski definition) is 0. The Morgan fingerprint density at radius 3 is 2.83 bits per heavy atom. The molecule has 5 nitrogen and oxygen atoms in total. The van der Waals surface area contributed by atoms with E-state index in [4.69, 9.17) is 0 Å². The summed E-state index contributed by atoms with van der Waals surface area (Å²) in [5.74, 6) is 1.23. The van der Waals surface area contributed by atoms with E-state index in [0.717, 1.165) is 53.6 Å². The molecule has 0 bridgehead atoms. The maximum absolute atomic E-state index is 11.5. The maximum atomic E-state index is 11.5. The molecule has 6 heteroatoms. The summed E-state index contributed by atoms with van der Waals surface area (Å²) < 4.78 is 0. The van der Waals surface area contributed by atoms with Crippen LogP contribution in [0.1, 0.15) is 37.9 Å². The van der Waals surface area contributed by atoms with Crippen molar-refractivity contribution in [3.05, 3.63) is 29.3 Å². The summed E-state index contributed by atoms with van der Waals surface area (Å²) in [6, 6.07) is 0. The lowest BCUT2D eigenvalue weighted by Crippen LogP contribution is -2.26. The van der Waals surface area contributed by atoms with Crippen LogP contribution in [0.5, 0.6) is 0 Å². The minimum absolute atomic E-state index is 0.164. The molecule has 2 aromatic heterocycles. The van der Waals surface area contributed by atoms with E-state index in [1.165, 1.54) is 0 Å². The molecule has 1 aliphatic rings. The summed E-state index contributed by atoms with van der Waals surface area (Å²) in [6.45, 7) is 7.73. The van der Waals surface area contributed by atoms with Gasteiger partial charge in [-0.3, -0.25) is 14.8 Å². The third-order valence-corrected chi connectivity index (χ3v) is 5.38. The van der Waals surface area contributed by atoms with Crippen molar-refractivity contribution in [2.45, 2.75) is 40.0 Å². The first-order valence-electron chi connectivity index (χ1n) is 8.53. The standard InChI is InChI=1S/C18H24N4OS/c1-12(2)8-17-21-10-16(24-17)18-15(19-5-6-20-18)9-14-4-7-22(11-14)13(3)23/h5-6,10,12,14H,4,7-9,11H2,1-3H3. The third kappa shape index (κ3) is 3.98. The number of rotatable bonds is 5. The van der Waals surface area contributed by atoms with Gasteiger partial charge >= 0.3 is 0 Å². The number of thiazole rings is 1.